The number of nitrogens with one attached hydrogen (secondary N) is 1. The maximum atomic E-state index is 11.2. The molecule has 0 aliphatic heterocycles. The number of rotatable bonds is 7. The summed E-state index contributed by atoms with van der Waals surface area (Å²) in [5, 5.41) is 3.42. The van der Waals surface area contributed by atoms with Crippen molar-refractivity contribution in [3.63, 3.8) is 0 Å². The lowest BCUT2D eigenvalue weighted by Crippen LogP contribution is -2.44. The van der Waals surface area contributed by atoms with Gasteiger partial charge in [0, 0.05) is 19.1 Å². The van der Waals surface area contributed by atoms with Gasteiger partial charge in [-0.05, 0) is 20.0 Å². The molecular weight excluding hydrogens is 204 g/mol. The Kier molecular flexibility index (Phi) is 7.34. The second kappa shape index (κ2) is 7.63. The molecular formula is C12H26N2O2. The number of hydrogen-bond donors (Lipinski definition) is 1. The Balaban J connectivity index is 4.06. The number of nitrogens with zero attached hydrogens (tertiary/aromatic N) is 1. The van der Waals surface area contributed by atoms with Gasteiger partial charge < -0.3 is 15.0 Å². The van der Waals surface area contributed by atoms with E-state index in [4.69, 9.17) is 4.74 Å². The summed E-state index contributed by atoms with van der Waals surface area (Å²) in [6.45, 7) is 7.90. The van der Waals surface area contributed by atoms with Gasteiger partial charge in [0.2, 0.25) is 0 Å². The number of carbonyl (C=O) groups is 1. The molecule has 0 spiro atoms. The van der Waals surface area contributed by atoms with E-state index in [-0.39, 0.29) is 11.9 Å². The van der Waals surface area contributed by atoms with Gasteiger partial charge in [0.15, 0.2) is 0 Å². The van der Waals surface area contributed by atoms with Crippen LogP contribution in [-0.4, -0.2) is 51.2 Å². The van der Waals surface area contributed by atoms with Gasteiger partial charge in [0.25, 0.3) is 0 Å². The summed E-state index contributed by atoms with van der Waals surface area (Å²) in [7, 11) is 5.54. The molecule has 0 aliphatic rings. The molecule has 4 heteroatoms. The van der Waals surface area contributed by atoms with Crippen molar-refractivity contribution in [2.24, 2.45) is 11.8 Å². The molecule has 0 radical (unpaired) electrons. The molecule has 0 saturated carbocycles. The van der Waals surface area contributed by atoms with E-state index >= 15 is 0 Å². The first kappa shape index (κ1) is 15.4. The van der Waals surface area contributed by atoms with Crippen LogP contribution in [0.3, 0.4) is 0 Å². The Labute approximate surface area is 99.3 Å². The quantitative estimate of drug-likeness (QED) is 0.662. The lowest BCUT2D eigenvalue weighted by Gasteiger charge is -2.26. The molecule has 2 atom stereocenters. The monoisotopic (exact) mass is 230 g/mol. The molecule has 16 heavy (non-hydrogen) atoms. The Morgan fingerprint density at radius 1 is 1.31 bits per heavy atom. The fraction of sp³-hybridized carbons (Fsp3) is 0.917. The van der Waals surface area contributed by atoms with Crippen molar-refractivity contribution >= 4 is 5.97 Å². The minimum atomic E-state index is -0.153. The first-order chi connectivity index (χ1) is 7.38. The van der Waals surface area contributed by atoms with Crippen LogP contribution in [0.25, 0.3) is 0 Å². The van der Waals surface area contributed by atoms with Gasteiger partial charge in [-0.1, -0.05) is 20.8 Å². The molecule has 0 aromatic rings. The summed E-state index contributed by atoms with van der Waals surface area (Å²) in [4.78, 5) is 13.4. The van der Waals surface area contributed by atoms with Crippen LogP contribution in [0.15, 0.2) is 0 Å². The molecule has 0 aliphatic carbocycles. The first-order valence-corrected chi connectivity index (χ1v) is 5.84. The first-order valence-electron chi connectivity index (χ1n) is 5.84. The van der Waals surface area contributed by atoms with Crippen molar-refractivity contribution in [1.29, 1.82) is 0 Å². The molecule has 0 aromatic heterocycles. The number of likely N-dealkylation sites (N-methyl/N-ethyl adjacent to an activating group) is 1. The van der Waals surface area contributed by atoms with E-state index in [0.717, 1.165) is 6.54 Å². The van der Waals surface area contributed by atoms with Crippen LogP contribution >= 0.6 is 0 Å². The minimum Gasteiger partial charge on any atom is -0.469 e. The van der Waals surface area contributed by atoms with Crippen LogP contribution in [-0.2, 0) is 9.53 Å². The van der Waals surface area contributed by atoms with Crippen LogP contribution in [0.4, 0.5) is 0 Å². The fourth-order valence-corrected chi connectivity index (χ4v) is 1.52. The van der Waals surface area contributed by atoms with Gasteiger partial charge in [-0.3, -0.25) is 4.79 Å². The van der Waals surface area contributed by atoms with Gasteiger partial charge in [-0.2, -0.15) is 0 Å². The van der Waals surface area contributed by atoms with Crippen LogP contribution in [0.1, 0.15) is 20.8 Å². The Morgan fingerprint density at radius 3 is 2.25 bits per heavy atom. The third kappa shape index (κ3) is 6.08. The zero-order chi connectivity index (χ0) is 12.7. The summed E-state index contributed by atoms with van der Waals surface area (Å²) >= 11 is 0. The van der Waals surface area contributed by atoms with E-state index in [1.54, 1.807) is 0 Å². The summed E-state index contributed by atoms with van der Waals surface area (Å²) in [6.07, 6.45) is 0. The van der Waals surface area contributed by atoms with Crippen molar-refractivity contribution in [3.8, 4) is 0 Å². The van der Waals surface area contributed by atoms with E-state index in [2.05, 4.69) is 38.2 Å². The molecule has 2 unspecified atom stereocenters. The Bertz CT molecular complexity index is 205. The molecule has 4 nitrogen and oxygen atoms in total. The van der Waals surface area contributed by atoms with Crippen molar-refractivity contribution in [2.45, 2.75) is 26.8 Å². The topological polar surface area (TPSA) is 41.6 Å². The van der Waals surface area contributed by atoms with Crippen molar-refractivity contribution in [1.82, 2.24) is 10.2 Å². The lowest BCUT2D eigenvalue weighted by molar-refractivity contribution is -0.144. The van der Waals surface area contributed by atoms with Gasteiger partial charge in [-0.15, -0.1) is 0 Å². The SMILES string of the molecule is COC(=O)C(C)CNC(CN(C)C)C(C)C. The highest BCUT2D eigenvalue weighted by Crippen LogP contribution is 2.04. The third-order valence-corrected chi connectivity index (χ3v) is 2.66. The molecule has 0 amide bonds. The predicted octanol–water partition coefficient (Wildman–Crippen LogP) is 0.971. The second-order valence-electron chi connectivity index (χ2n) is 4.95. The van der Waals surface area contributed by atoms with Crippen LogP contribution in [0, 0.1) is 11.8 Å². The summed E-state index contributed by atoms with van der Waals surface area (Å²) in [5.74, 6) is 0.306. The number of esters is 1. The van der Waals surface area contributed by atoms with Gasteiger partial charge in [0.1, 0.15) is 0 Å². The highest BCUT2D eigenvalue weighted by Gasteiger charge is 2.18. The van der Waals surface area contributed by atoms with Gasteiger partial charge in [0.05, 0.1) is 13.0 Å². The molecule has 0 fully saturated rings. The number of hydrogen-bond acceptors (Lipinski definition) is 4. The maximum absolute atomic E-state index is 11.2. The van der Waals surface area contributed by atoms with Gasteiger partial charge >= 0.3 is 5.97 Å². The predicted molar refractivity (Wildman–Crippen MR) is 66.4 cm³/mol. The molecule has 0 rings (SSSR count). The highest BCUT2D eigenvalue weighted by molar-refractivity contribution is 5.72. The van der Waals surface area contributed by atoms with E-state index in [0.29, 0.717) is 18.5 Å². The molecule has 0 bridgehead atoms. The van der Waals surface area contributed by atoms with E-state index in [9.17, 15) is 4.79 Å². The van der Waals surface area contributed by atoms with Crippen LogP contribution < -0.4 is 5.32 Å². The number of methoxy groups -OCH3 is 1. The Morgan fingerprint density at radius 2 is 1.88 bits per heavy atom. The molecule has 0 heterocycles. The largest absolute Gasteiger partial charge is 0.469 e. The van der Waals surface area contributed by atoms with Crippen LogP contribution in [0.5, 0.6) is 0 Å². The average Bonchev–Trinajstić information content (AvgIpc) is 2.21. The lowest BCUT2D eigenvalue weighted by atomic mass is 10.0. The van der Waals surface area contributed by atoms with Crippen LogP contribution in [0.2, 0.25) is 0 Å². The summed E-state index contributed by atoms with van der Waals surface area (Å²) in [5.41, 5.74) is 0. The second-order valence-corrected chi connectivity index (χ2v) is 4.95. The van der Waals surface area contributed by atoms with E-state index in [1.807, 2.05) is 6.92 Å². The van der Waals surface area contributed by atoms with Crippen molar-refractivity contribution < 1.29 is 9.53 Å². The highest BCUT2D eigenvalue weighted by atomic mass is 16.5. The standard InChI is InChI=1S/C12H26N2O2/c1-9(2)11(8-14(4)5)13-7-10(3)12(15)16-6/h9-11,13H,7-8H2,1-6H3. The third-order valence-electron chi connectivity index (χ3n) is 2.66. The molecule has 0 aromatic carbocycles. The number of carbonyl (C=O) groups excluding carboxylic acids is 1. The zero-order valence-corrected chi connectivity index (χ0v) is 11.4. The summed E-state index contributed by atoms with van der Waals surface area (Å²) in [6, 6.07) is 0.405. The molecule has 1 N–H and O–H groups in total. The van der Waals surface area contributed by atoms with Gasteiger partial charge in [-0.25, -0.2) is 0 Å². The number of ether oxygens (including phenoxy) is 1. The normalized spacial score (nSPS) is 15.2. The smallest absolute Gasteiger partial charge is 0.309 e. The Hall–Kier alpha value is -0.610. The molecule has 0 saturated heterocycles. The minimum absolute atomic E-state index is 0.0894. The maximum Gasteiger partial charge on any atom is 0.309 e. The van der Waals surface area contributed by atoms with Crippen molar-refractivity contribution in [2.75, 3.05) is 34.3 Å². The molecule has 96 valence electrons. The fourth-order valence-electron chi connectivity index (χ4n) is 1.52. The van der Waals surface area contributed by atoms with Crippen molar-refractivity contribution in [3.05, 3.63) is 0 Å². The van der Waals surface area contributed by atoms with E-state index < -0.39 is 0 Å². The summed E-state index contributed by atoms with van der Waals surface area (Å²) < 4.78 is 4.70. The van der Waals surface area contributed by atoms with E-state index in [1.165, 1.54) is 7.11 Å². The zero-order valence-electron chi connectivity index (χ0n) is 11.4. The average molecular weight is 230 g/mol.